The highest BCUT2D eigenvalue weighted by atomic mass is 16.3. The van der Waals surface area contributed by atoms with Crippen LogP contribution in [0, 0.1) is 0 Å². The summed E-state index contributed by atoms with van der Waals surface area (Å²) in [6, 6.07) is 0.329. The quantitative estimate of drug-likeness (QED) is 0.812. The molecule has 2 saturated carbocycles. The third-order valence-corrected chi connectivity index (χ3v) is 5.03. The largest absolute Gasteiger partial charge is 0.395 e. The Morgan fingerprint density at radius 1 is 1.10 bits per heavy atom. The van der Waals surface area contributed by atoms with Crippen molar-refractivity contribution >= 4 is 5.91 Å². The van der Waals surface area contributed by atoms with Crippen molar-refractivity contribution in [3.8, 4) is 0 Å². The first kappa shape index (κ1) is 15.8. The van der Waals surface area contributed by atoms with Crippen molar-refractivity contribution in [1.82, 2.24) is 4.90 Å². The number of rotatable bonds is 5. The highest BCUT2D eigenvalue weighted by Gasteiger charge is 2.33. The molecule has 0 heterocycles. The van der Waals surface area contributed by atoms with E-state index in [0.717, 1.165) is 38.5 Å². The topological polar surface area (TPSA) is 66.6 Å². The molecule has 2 aliphatic rings. The van der Waals surface area contributed by atoms with Gasteiger partial charge in [0.1, 0.15) is 0 Å². The van der Waals surface area contributed by atoms with Gasteiger partial charge in [0.15, 0.2) is 0 Å². The van der Waals surface area contributed by atoms with E-state index >= 15 is 0 Å². The molecule has 4 nitrogen and oxygen atoms in total. The number of nitrogens with two attached hydrogens (primary N) is 1. The molecule has 0 atom stereocenters. The van der Waals surface area contributed by atoms with Crippen LogP contribution in [0.15, 0.2) is 0 Å². The fourth-order valence-electron chi connectivity index (χ4n) is 3.85. The highest BCUT2D eigenvalue weighted by molar-refractivity contribution is 5.77. The number of amides is 1. The maximum absolute atomic E-state index is 12.6. The minimum atomic E-state index is -0.294. The summed E-state index contributed by atoms with van der Waals surface area (Å²) in [6.07, 6.45) is 11.8. The first-order chi connectivity index (χ1) is 9.64. The van der Waals surface area contributed by atoms with Crippen molar-refractivity contribution in [2.45, 2.75) is 82.2 Å². The molecule has 0 spiro atoms. The van der Waals surface area contributed by atoms with Crippen LogP contribution in [0.5, 0.6) is 0 Å². The van der Waals surface area contributed by atoms with Gasteiger partial charge in [-0.2, -0.15) is 0 Å². The van der Waals surface area contributed by atoms with Gasteiger partial charge in [0, 0.05) is 24.5 Å². The molecule has 2 aliphatic carbocycles. The van der Waals surface area contributed by atoms with Crippen LogP contribution in [0.1, 0.15) is 70.6 Å². The van der Waals surface area contributed by atoms with E-state index in [1.807, 2.05) is 4.90 Å². The molecule has 0 aromatic rings. The summed E-state index contributed by atoms with van der Waals surface area (Å²) in [5, 5.41) is 9.26. The van der Waals surface area contributed by atoms with Crippen LogP contribution in [-0.2, 0) is 4.79 Å². The molecule has 3 N–H and O–H groups in total. The van der Waals surface area contributed by atoms with E-state index in [1.165, 1.54) is 25.7 Å². The summed E-state index contributed by atoms with van der Waals surface area (Å²) in [5.41, 5.74) is 6.12. The lowest BCUT2D eigenvalue weighted by atomic mass is 9.79. The first-order valence-corrected chi connectivity index (χ1v) is 8.34. The van der Waals surface area contributed by atoms with Gasteiger partial charge in [-0.15, -0.1) is 0 Å². The van der Waals surface area contributed by atoms with Gasteiger partial charge >= 0.3 is 0 Å². The van der Waals surface area contributed by atoms with E-state index in [9.17, 15) is 9.90 Å². The molecule has 0 aromatic heterocycles. The van der Waals surface area contributed by atoms with Crippen LogP contribution in [0.25, 0.3) is 0 Å². The van der Waals surface area contributed by atoms with E-state index in [1.54, 1.807) is 0 Å². The molecule has 0 bridgehead atoms. The maximum Gasteiger partial charge on any atom is 0.224 e. The Labute approximate surface area is 122 Å². The summed E-state index contributed by atoms with van der Waals surface area (Å²) < 4.78 is 0. The summed E-state index contributed by atoms with van der Waals surface area (Å²) in [6.45, 7) is 0.527. The Morgan fingerprint density at radius 3 is 2.30 bits per heavy atom. The van der Waals surface area contributed by atoms with Gasteiger partial charge in [-0.3, -0.25) is 4.79 Å². The van der Waals surface area contributed by atoms with Crippen LogP contribution in [0.2, 0.25) is 0 Å². The number of carbonyl (C=O) groups excluding carboxylic acids is 1. The minimum absolute atomic E-state index is 0.0554. The number of hydrogen-bond donors (Lipinski definition) is 2. The molecule has 0 aromatic carbocycles. The Bertz CT molecular complexity index is 308. The highest BCUT2D eigenvalue weighted by Crippen LogP contribution is 2.30. The smallest absolute Gasteiger partial charge is 0.224 e. The van der Waals surface area contributed by atoms with Crippen molar-refractivity contribution in [3.63, 3.8) is 0 Å². The van der Waals surface area contributed by atoms with Gasteiger partial charge in [0.2, 0.25) is 5.91 Å². The van der Waals surface area contributed by atoms with Crippen molar-refractivity contribution in [1.29, 1.82) is 0 Å². The predicted molar refractivity (Wildman–Crippen MR) is 80.3 cm³/mol. The summed E-state index contributed by atoms with van der Waals surface area (Å²) in [4.78, 5) is 14.6. The number of hydrogen-bond acceptors (Lipinski definition) is 3. The first-order valence-electron chi connectivity index (χ1n) is 8.34. The van der Waals surface area contributed by atoms with Gasteiger partial charge in [-0.25, -0.2) is 0 Å². The Balaban J connectivity index is 1.94. The van der Waals surface area contributed by atoms with Gasteiger partial charge < -0.3 is 15.7 Å². The Kier molecular flexibility index (Phi) is 5.85. The van der Waals surface area contributed by atoms with Crippen LogP contribution in [-0.4, -0.2) is 40.6 Å². The van der Waals surface area contributed by atoms with Crippen molar-refractivity contribution in [2.24, 2.45) is 5.73 Å². The van der Waals surface area contributed by atoms with Crippen molar-refractivity contribution in [2.75, 3.05) is 13.2 Å². The van der Waals surface area contributed by atoms with Crippen molar-refractivity contribution in [3.05, 3.63) is 0 Å². The maximum atomic E-state index is 12.6. The van der Waals surface area contributed by atoms with Gasteiger partial charge in [0.25, 0.3) is 0 Å². The van der Waals surface area contributed by atoms with Gasteiger partial charge in [0.05, 0.1) is 6.61 Å². The van der Waals surface area contributed by atoms with Crippen LogP contribution < -0.4 is 5.73 Å². The second-order valence-electron chi connectivity index (χ2n) is 6.70. The average molecular weight is 282 g/mol. The number of aliphatic hydroxyl groups excluding tert-OH is 1. The summed E-state index contributed by atoms with van der Waals surface area (Å²) in [7, 11) is 0. The number of carbonyl (C=O) groups is 1. The molecule has 0 aliphatic heterocycles. The molecule has 116 valence electrons. The number of nitrogens with zero attached hydrogens (tertiary/aromatic N) is 1. The van der Waals surface area contributed by atoms with E-state index in [-0.39, 0.29) is 18.1 Å². The third kappa shape index (κ3) is 4.19. The lowest BCUT2D eigenvalue weighted by Crippen LogP contribution is -2.50. The monoisotopic (exact) mass is 282 g/mol. The average Bonchev–Trinajstić information content (AvgIpc) is 2.46. The molecule has 1 amide bonds. The van der Waals surface area contributed by atoms with Gasteiger partial charge in [-0.05, 0) is 25.7 Å². The Morgan fingerprint density at radius 2 is 1.70 bits per heavy atom. The fourth-order valence-corrected chi connectivity index (χ4v) is 3.85. The Hall–Kier alpha value is -0.610. The fraction of sp³-hybridized carbons (Fsp3) is 0.938. The third-order valence-electron chi connectivity index (χ3n) is 5.03. The second kappa shape index (κ2) is 7.41. The molecule has 4 heteroatoms. The molecular weight excluding hydrogens is 252 g/mol. The zero-order chi connectivity index (χ0) is 14.4. The molecule has 2 rings (SSSR count). The predicted octanol–water partition coefficient (Wildman–Crippen LogP) is 2.19. The van der Waals surface area contributed by atoms with Crippen molar-refractivity contribution < 1.29 is 9.90 Å². The van der Waals surface area contributed by atoms with Gasteiger partial charge in [-0.1, -0.05) is 38.5 Å². The minimum Gasteiger partial charge on any atom is -0.395 e. The standard InChI is InChI=1S/C16H30N2O2/c17-16(9-5-2-6-10-16)13-15(20)18(11-12-19)14-7-3-1-4-8-14/h14,19H,1-13,17H2. The van der Waals surface area contributed by atoms with E-state index in [2.05, 4.69) is 0 Å². The molecule has 0 saturated heterocycles. The second-order valence-corrected chi connectivity index (χ2v) is 6.70. The van der Waals surface area contributed by atoms with Crippen LogP contribution in [0.4, 0.5) is 0 Å². The zero-order valence-corrected chi connectivity index (χ0v) is 12.6. The SMILES string of the molecule is NC1(CC(=O)N(CCO)C2CCCCC2)CCCCC1. The molecule has 0 unspecified atom stereocenters. The normalized spacial score (nSPS) is 23.5. The lowest BCUT2D eigenvalue weighted by Gasteiger charge is -2.38. The zero-order valence-electron chi connectivity index (χ0n) is 12.6. The number of aliphatic hydroxyl groups is 1. The van der Waals surface area contributed by atoms with Crippen LogP contribution in [0.3, 0.4) is 0 Å². The van der Waals surface area contributed by atoms with E-state index in [4.69, 9.17) is 5.73 Å². The molecular formula is C16H30N2O2. The lowest BCUT2D eigenvalue weighted by molar-refractivity contribution is -0.136. The van der Waals surface area contributed by atoms with E-state index in [0.29, 0.717) is 19.0 Å². The molecule has 2 fully saturated rings. The molecule has 20 heavy (non-hydrogen) atoms. The molecule has 0 radical (unpaired) electrons. The van der Waals surface area contributed by atoms with Crippen LogP contribution >= 0.6 is 0 Å². The summed E-state index contributed by atoms with van der Waals surface area (Å²) >= 11 is 0. The van der Waals surface area contributed by atoms with E-state index < -0.39 is 0 Å². The summed E-state index contributed by atoms with van der Waals surface area (Å²) in [5.74, 6) is 0.162.